The summed E-state index contributed by atoms with van der Waals surface area (Å²) in [5, 5.41) is 9.37. The molecule has 0 fully saturated rings. The Bertz CT molecular complexity index is 671. The molecule has 0 saturated heterocycles. The molecule has 35 heavy (non-hydrogen) atoms. The summed E-state index contributed by atoms with van der Waals surface area (Å²) in [5.41, 5.74) is 0. The minimum Gasteiger partial charge on any atom is -0.457 e. The van der Waals surface area contributed by atoms with E-state index in [0.29, 0.717) is 17.4 Å². The standard InChI is InChI=1S/C26H48NO7P/c1-5-6-7-8-9-10-11-12-13-14-15-16-17-18-19-20-26(29)34-25(23-28)24-33-35(30,31)32-22-21-27(2,3)4/h6-7,9-10,12-13,25,28H,5,8,11,14-24H2,1-4H3/p+1/b7-6-,10-9-,13-12-/t25-/m0/s1. The van der Waals surface area contributed by atoms with Gasteiger partial charge >= 0.3 is 13.8 Å². The number of nitrogens with zero attached hydrogens (tertiary/aromatic N) is 1. The van der Waals surface area contributed by atoms with Crippen LogP contribution in [0.15, 0.2) is 36.5 Å². The number of carbonyl (C=O) groups excluding carboxylic acids is 1. The first-order valence-corrected chi connectivity index (χ1v) is 14.3. The summed E-state index contributed by atoms with van der Waals surface area (Å²) < 4.78 is 27.4. The Morgan fingerprint density at radius 3 is 2.14 bits per heavy atom. The number of hydrogen-bond acceptors (Lipinski definition) is 6. The number of unbranched alkanes of at least 4 members (excludes halogenated alkanes) is 5. The summed E-state index contributed by atoms with van der Waals surface area (Å²) in [6, 6.07) is 0. The molecule has 1 unspecified atom stereocenters. The molecule has 0 bridgehead atoms. The fourth-order valence-electron chi connectivity index (χ4n) is 2.90. The molecule has 0 aromatic rings. The fourth-order valence-corrected chi connectivity index (χ4v) is 3.64. The molecule has 0 aromatic heterocycles. The number of carbonyl (C=O) groups is 1. The zero-order valence-electron chi connectivity index (χ0n) is 22.3. The fraction of sp³-hybridized carbons (Fsp3) is 0.731. The predicted octanol–water partition coefficient (Wildman–Crippen LogP) is 5.32. The molecule has 0 amide bonds. The smallest absolute Gasteiger partial charge is 0.457 e. The van der Waals surface area contributed by atoms with E-state index in [9.17, 15) is 19.4 Å². The number of likely N-dealkylation sites (N-methyl/N-ethyl adjacent to an activating group) is 1. The molecule has 0 radical (unpaired) electrons. The van der Waals surface area contributed by atoms with E-state index in [1.54, 1.807) is 0 Å². The van der Waals surface area contributed by atoms with Crippen molar-refractivity contribution >= 4 is 13.8 Å². The molecular weight excluding hydrogens is 469 g/mol. The summed E-state index contributed by atoms with van der Waals surface area (Å²) in [6.45, 7) is 1.81. The Hall–Kier alpha value is -1.28. The molecule has 0 aliphatic heterocycles. The maximum Gasteiger partial charge on any atom is 0.472 e. The Morgan fingerprint density at radius 1 is 0.914 bits per heavy atom. The van der Waals surface area contributed by atoms with Crippen LogP contribution in [0.2, 0.25) is 0 Å². The van der Waals surface area contributed by atoms with Crippen molar-refractivity contribution in [3.8, 4) is 0 Å². The van der Waals surface area contributed by atoms with Crippen LogP contribution < -0.4 is 0 Å². The molecule has 0 spiro atoms. The van der Waals surface area contributed by atoms with Gasteiger partial charge in [0.15, 0.2) is 0 Å². The van der Waals surface area contributed by atoms with Gasteiger partial charge in [0.1, 0.15) is 19.3 Å². The van der Waals surface area contributed by atoms with E-state index in [-0.39, 0.29) is 13.0 Å². The second-order valence-electron chi connectivity index (χ2n) is 9.51. The molecule has 2 atom stereocenters. The predicted molar refractivity (Wildman–Crippen MR) is 141 cm³/mol. The number of quaternary nitrogens is 1. The monoisotopic (exact) mass is 518 g/mol. The molecule has 9 heteroatoms. The maximum absolute atomic E-state index is 12.0. The van der Waals surface area contributed by atoms with Crippen molar-refractivity contribution in [3.63, 3.8) is 0 Å². The molecule has 0 rings (SSSR count). The van der Waals surface area contributed by atoms with Crippen LogP contribution in [0.1, 0.15) is 71.1 Å². The first kappa shape index (κ1) is 33.7. The van der Waals surface area contributed by atoms with E-state index < -0.39 is 33.1 Å². The number of hydrogen-bond donors (Lipinski definition) is 2. The lowest BCUT2D eigenvalue weighted by Gasteiger charge is -2.24. The van der Waals surface area contributed by atoms with Crippen LogP contribution >= 0.6 is 7.82 Å². The Morgan fingerprint density at radius 2 is 1.51 bits per heavy atom. The lowest BCUT2D eigenvalue weighted by atomic mass is 10.1. The van der Waals surface area contributed by atoms with Gasteiger partial charge in [0.05, 0.1) is 34.4 Å². The number of phosphoric acid groups is 1. The van der Waals surface area contributed by atoms with Crippen molar-refractivity contribution in [2.24, 2.45) is 0 Å². The molecular formula is C26H49NO7P+. The van der Waals surface area contributed by atoms with Crippen molar-refractivity contribution in [3.05, 3.63) is 36.5 Å². The molecule has 0 heterocycles. The molecule has 8 nitrogen and oxygen atoms in total. The largest absolute Gasteiger partial charge is 0.472 e. The van der Waals surface area contributed by atoms with Crippen LogP contribution in [0.3, 0.4) is 0 Å². The zero-order valence-corrected chi connectivity index (χ0v) is 23.2. The van der Waals surface area contributed by atoms with Gasteiger partial charge in [-0.25, -0.2) is 4.57 Å². The van der Waals surface area contributed by atoms with E-state index in [2.05, 4.69) is 43.4 Å². The molecule has 0 saturated carbocycles. The molecule has 204 valence electrons. The maximum atomic E-state index is 12.0. The first-order chi connectivity index (χ1) is 16.6. The number of aliphatic hydroxyl groups excluding tert-OH is 1. The van der Waals surface area contributed by atoms with Gasteiger partial charge in [-0.3, -0.25) is 13.8 Å². The van der Waals surface area contributed by atoms with E-state index in [1.165, 1.54) is 0 Å². The van der Waals surface area contributed by atoms with Crippen LogP contribution in [0, 0.1) is 0 Å². The first-order valence-electron chi connectivity index (χ1n) is 12.8. The summed E-state index contributed by atoms with van der Waals surface area (Å²) >= 11 is 0. The van der Waals surface area contributed by atoms with Gasteiger partial charge in [-0.2, -0.15) is 0 Å². The average Bonchev–Trinajstić information content (AvgIpc) is 2.78. The van der Waals surface area contributed by atoms with Crippen LogP contribution in [0.5, 0.6) is 0 Å². The van der Waals surface area contributed by atoms with E-state index in [4.69, 9.17) is 13.8 Å². The lowest BCUT2D eigenvalue weighted by Crippen LogP contribution is -2.37. The van der Waals surface area contributed by atoms with Gasteiger partial charge in [0.25, 0.3) is 0 Å². The summed E-state index contributed by atoms with van der Waals surface area (Å²) in [5.74, 6) is -0.451. The minimum absolute atomic E-state index is 0.0473. The van der Waals surface area contributed by atoms with Gasteiger partial charge < -0.3 is 19.2 Å². The summed E-state index contributed by atoms with van der Waals surface area (Å²) in [7, 11) is 1.53. The van der Waals surface area contributed by atoms with Crippen molar-refractivity contribution in [2.75, 3.05) is 47.5 Å². The van der Waals surface area contributed by atoms with Crippen molar-refractivity contribution in [1.82, 2.24) is 0 Å². The van der Waals surface area contributed by atoms with Gasteiger partial charge in [-0.1, -0.05) is 62.6 Å². The second-order valence-corrected chi connectivity index (χ2v) is 11.0. The van der Waals surface area contributed by atoms with E-state index >= 15 is 0 Å². The van der Waals surface area contributed by atoms with Crippen LogP contribution in [-0.2, 0) is 23.1 Å². The quantitative estimate of drug-likeness (QED) is 0.0657. The summed E-state index contributed by atoms with van der Waals surface area (Å²) in [4.78, 5) is 21.7. The van der Waals surface area contributed by atoms with Gasteiger partial charge in [-0.05, 0) is 38.5 Å². The average molecular weight is 519 g/mol. The van der Waals surface area contributed by atoms with E-state index in [0.717, 1.165) is 51.4 Å². The Kier molecular flexibility index (Phi) is 20.1. The number of allylic oxidation sites excluding steroid dienone is 6. The molecule has 0 aromatic carbocycles. The van der Waals surface area contributed by atoms with Crippen molar-refractivity contribution in [2.45, 2.75) is 77.2 Å². The SMILES string of the molecule is CC/C=C\C/C=C\C/C=C\CCCCCCCC(=O)O[C@@H](CO)COP(=O)(O)OCC[N+](C)(C)C. The van der Waals surface area contributed by atoms with Gasteiger partial charge in [0, 0.05) is 6.42 Å². The highest BCUT2D eigenvalue weighted by Crippen LogP contribution is 2.43. The van der Waals surface area contributed by atoms with Crippen LogP contribution in [0.4, 0.5) is 0 Å². The third kappa shape index (κ3) is 24.2. The number of rotatable bonds is 22. The molecule has 0 aliphatic carbocycles. The number of esters is 1. The topological polar surface area (TPSA) is 102 Å². The van der Waals surface area contributed by atoms with Crippen LogP contribution in [-0.4, -0.2) is 74.1 Å². The van der Waals surface area contributed by atoms with Gasteiger partial charge in [0.2, 0.25) is 0 Å². The van der Waals surface area contributed by atoms with Gasteiger partial charge in [-0.15, -0.1) is 0 Å². The Balaban J connectivity index is 3.82. The lowest BCUT2D eigenvalue weighted by molar-refractivity contribution is -0.870. The van der Waals surface area contributed by atoms with Crippen molar-refractivity contribution in [1.29, 1.82) is 0 Å². The Labute approximate surface area is 212 Å². The number of ether oxygens (including phenoxy) is 1. The zero-order chi connectivity index (χ0) is 26.4. The second kappa shape index (κ2) is 20.9. The van der Waals surface area contributed by atoms with Crippen molar-refractivity contribution < 1.29 is 37.6 Å². The third-order valence-corrected chi connectivity index (χ3v) is 5.96. The highest BCUT2D eigenvalue weighted by molar-refractivity contribution is 7.47. The summed E-state index contributed by atoms with van der Waals surface area (Å²) in [6.07, 6.45) is 21.5. The third-order valence-electron chi connectivity index (χ3n) is 4.97. The molecule has 2 N–H and O–H groups in total. The number of aliphatic hydroxyl groups is 1. The number of phosphoric ester groups is 1. The van der Waals surface area contributed by atoms with Crippen LogP contribution in [0.25, 0.3) is 0 Å². The highest BCUT2D eigenvalue weighted by atomic mass is 31.2. The van der Waals surface area contributed by atoms with E-state index in [1.807, 2.05) is 21.1 Å². The highest BCUT2D eigenvalue weighted by Gasteiger charge is 2.25. The normalized spacial score (nSPS) is 15.3. The minimum atomic E-state index is -4.27. The molecule has 0 aliphatic rings.